The number of ether oxygens (including phenoxy) is 2. The Morgan fingerprint density at radius 2 is 1.82 bits per heavy atom. The Kier molecular flexibility index (Phi) is 5.14. The fourth-order valence-corrected chi connectivity index (χ4v) is 5.40. The van der Waals surface area contributed by atoms with E-state index in [9.17, 15) is 4.79 Å². The minimum Gasteiger partial charge on any atom is -0.454 e. The van der Waals surface area contributed by atoms with Gasteiger partial charge >= 0.3 is 0 Å². The van der Waals surface area contributed by atoms with E-state index >= 15 is 0 Å². The molecule has 4 aromatic rings. The molecule has 1 amide bonds. The van der Waals surface area contributed by atoms with Crippen molar-refractivity contribution >= 4 is 44.8 Å². The predicted molar refractivity (Wildman–Crippen MR) is 131 cm³/mol. The van der Waals surface area contributed by atoms with Gasteiger partial charge in [-0.2, -0.15) is 0 Å². The summed E-state index contributed by atoms with van der Waals surface area (Å²) in [5, 5.41) is 3.91. The number of nitrogens with zero attached hydrogens (tertiary/aromatic N) is 5. The molecule has 3 aromatic heterocycles. The number of anilines is 3. The van der Waals surface area contributed by atoms with E-state index in [0.717, 1.165) is 53.6 Å². The van der Waals surface area contributed by atoms with Gasteiger partial charge in [-0.05, 0) is 36.8 Å². The van der Waals surface area contributed by atoms with Crippen LogP contribution in [0.4, 0.5) is 17.3 Å². The molecule has 0 saturated carbocycles. The van der Waals surface area contributed by atoms with Crippen molar-refractivity contribution in [1.29, 1.82) is 0 Å². The molecule has 9 nitrogen and oxygen atoms in total. The third-order valence-electron chi connectivity index (χ3n) is 6.10. The summed E-state index contributed by atoms with van der Waals surface area (Å²) in [6.45, 7) is 5.49. The Morgan fingerprint density at radius 3 is 2.65 bits per heavy atom. The van der Waals surface area contributed by atoms with Crippen molar-refractivity contribution < 1.29 is 14.3 Å². The number of piperazine rings is 1. The molecule has 1 N–H and O–H groups in total. The van der Waals surface area contributed by atoms with Crippen LogP contribution in [-0.2, 0) is 0 Å². The third-order valence-corrected chi connectivity index (χ3v) is 7.29. The number of carbonyl (C=O) groups excluding carboxylic acids is 1. The molecule has 0 unspecified atom stereocenters. The molecule has 1 fully saturated rings. The van der Waals surface area contributed by atoms with Crippen LogP contribution in [0.5, 0.6) is 11.5 Å². The van der Waals surface area contributed by atoms with Gasteiger partial charge in [0.2, 0.25) is 6.79 Å². The quantitative estimate of drug-likeness (QED) is 0.479. The molecule has 172 valence electrons. The molecule has 0 aliphatic carbocycles. The van der Waals surface area contributed by atoms with Crippen LogP contribution in [0, 0.1) is 6.92 Å². The number of carbonyl (C=O) groups is 1. The van der Waals surface area contributed by atoms with Gasteiger partial charge in [-0.15, -0.1) is 11.3 Å². The fraction of sp³-hybridized carbons (Fsp3) is 0.250. The molecule has 6 rings (SSSR count). The van der Waals surface area contributed by atoms with Gasteiger partial charge in [0.15, 0.2) is 11.5 Å². The lowest BCUT2D eigenvalue weighted by atomic mass is 10.1. The van der Waals surface area contributed by atoms with Crippen molar-refractivity contribution in [2.45, 2.75) is 6.92 Å². The molecule has 0 bridgehead atoms. The highest BCUT2D eigenvalue weighted by Gasteiger charge is 2.25. The van der Waals surface area contributed by atoms with Crippen molar-refractivity contribution in [3.63, 3.8) is 0 Å². The second-order valence-corrected chi connectivity index (χ2v) is 9.12. The van der Waals surface area contributed by atoms with E-state index in [1.165, 1.54) is 11.3 Å². The zero-order chi connectivity index (χ0) is 23.1. The Bertz CT molecular complexity index is 1370. The average Bonchev–Trinajstić information content (AvgIpc) is 3.49. The smallest absolute Gasteiger partial charge is 0.266 e. The van der Waals surface area contributed by atoms with E-state index in [2.05, 4.69) is 30.1 Å². The number of benzene rings is 1. The van der Waals surface area contributed by atoms with E-state index in [1.807, 2.05) is 31.3 Å². The van der Waals surface area contributed by atoms with E-state index in [-0.39, 0.29) is 12.7 Å². The lowest BCUT2D eigenvalue weighted by molar-refractivity contribution is 0.103. The van der Waals surface area contributed by atoms with Crippen LogP contribution in [0.3, 0.4) is 0 Å². The van der Waals surface area contributed by atoms with Gasteiger partial charge in [-0.3, -0.25) is 4.79 Å². The number of fused-ring (bicyclic) bond motifs is 2. The monoisotopic (exact) mass is 474 g/mol. The highest BCUT2D eigenvalue weighted by Crippen LogP contribution is 2.37. The lowest BCUT2D eigenvalue weighted by Gasteiger charge is -2.36. The SMILES string of the molecule is Cc1c(C(=O)Nc2ccc3c(c2)OCO3)sc2ncnc(N3CCN(c4ccccn4)CC3)c12. The fourth-order valence-electron chi connectivity index (χ4n) is 4.36. The van der Waals surface area contributed by atoms with Gasteiger partial charge in [-0.1, -0.05) is 6.07 Å². The molecule has 34 heavy (non-hydrogen) atoms. The summed E-state index contributed by atoms with van der Waals surface area (Å²) in [5.74, 6) is 3.00. The largest absolute Gasteiger partial charge is 0.454 e. The zero-order valence-electron chi connectivity index (χ0n) is 18.5. The highest BCUT2D eigenvalue weighted by molar-refractivity contribution is 7.20. The number of amides is 1. The van der Waals surface area contributed by atoms with E-state index < -0.39 is 0 Å². The van der Waals surface area contributed by atoms with Crippen molar-refractivity contribution in [3.05, 3.63) is 59.4 Å². The van der Waals surface area contributed by atoms with Gasteiger partial charge in [0.25, 0.3) is 5.91 Å². The van der Waals surface area contributed by atoms with Gasteiger partial charge in [0.1, 0.15) is 22.8 Å². The summed E-state index contributed by atoms with van der Waals surface area (Å²) in [6, 6.07) is 11.3. The third kappa shape index (κ3) is 3.65. The standard InChI is InChI=1S/C24H22N6O3S/c1-15-20-22(30-10-8-29(9-11-30)19-4-2-3-7-25-19)26-13-27-24(20)34-21(15)23(31)28-16-5-6-17-18(12-16)33-14-32-17/h2-7,12-13H,8-11,14H2,1H3,(H,28,31). The van der Waals surface area contributed by atoms with Crippen LogP contribution in [0.25, 0.3) is 10.2 Å². The number of thiophene rings is 1. The maximum absolute atomic E-state index is 13.1. The first-order valence-corrected chi connectivity index (χ1v) is 11.8. The van der Waals surface area contributed by atoms with Gasteiger partial charge in [0, 0.05) is 44.1 Å². The summed E-state index contributed by atoms with van der Waals surface area (Å²) in [6.07, 6.45) is 3.40. The normalized spacial score (nSPS) is 15.1. The van der Waals surface area contributed by atoms with Crippen LogP contribution >= 0.6 is 11.3 Å². The zero-order valence-corrected chi connectivity index (χ0v) is 19.3. The molecule has 1 saturated heterocycles. The Balaban J connectivity index is 1.24. The molecule has 2 aliphatic rings. The molecule has 0 atom stereocenters. The van der Waals surface area contributed by atoms with Crippen molar-refractivity contribution in [2.24, 2.45) is 0 Å². The Morgan fingerprint density at radius 1 is 1.00 bits per heavy atom. The first-order chi connectivity index (χ1) is 16.7. The molecule has 0 spiro atoms. The van der Waals surface area contributed by atoms with Crippen molar-refractivity contribution in [1.82, 2.24) is 15.0 Å². The number of hydrogen-bond acceptors (Lipinski definition) is 9. The number of nitrogens with one attached hydrogen (secondary N) is 1. The van der Waals surface area contributed by atoms with Crippen LogP contribution in [0.2, 0.25) is 0 Å². The summed E-state index contributed by atoms with van der Waals surface area (Å²) >= 11 is 1.39. The summed E-state index contributed by atoms with van der Waals surface area (Å²) in [5.41, 5.74) is 1.55. The van der Waals surface area contributed by atoms with Crippen molar-refractivity contribution in [2.75, 3.05) is 48.1 Å². The molecular formula is C24H22N6O3S. The summed E-state index contributed by atoms with van der Waals surface area (Å²) in [7, 11) is 0. The van der Waals surface area contributed by atoms with Crippen LogP contribution < -0.4 is 24.6 Å². The van der Waals surface area contributed by atoms with Gasteiger partial charge in [-0.25, -0.2) is 15.0 Å². The number of rotatable bonds is 4. The molecule has 10 heteroatoms. The number of pyridine rings is 1. The Hall–Kier alpha value is -3.92. The topological polar surface area (TPSA) is 92.7 Å². The van der Waals surface area contributed by atoms with Crippen LogP contribution in [0.15, 0.2) is 48.9 Å². The van der Waals surface area contributed by atoms with Crippen molar-refractivity contribution in [3.8, 4) is 11.5 Å². The minimum atomic E-state index is -0.176. The van der Waals surface area contributed by atoms with E-state index in [4.69, 9.17) is 9.47 Å². The molecule has 5 heterocycles. The first-order valence-electron chi connectivity index (χ1n) is 11.0. The number of aromatic nitrogens is 3. The van der Waals surface area contributed by atoms with E-state index in [0.29, 0.717) is 22.1 Å². The van der Waals surface area contributed by atoms with Gasteiger partial charge < -0.3 is 24.6 Å². The second-order valence-electron chi connectivity index (χ2n) is 8.12. The molecule has 1 aromatic carbocycles. The second kappa shape index (κ2) is 8.45. The van der Waals surface area contributed by atoms with Gasteiger partial charge in [0.05, 0.1) is 10.3 Å². The molecule has 0 radical (unpaired) electrons. The number of hydrogen-bond donors (Lipinski definition) is 1. The number of aryl methyl sites for hydroxylation is 1. The minimum absolute atomic E-state index is 0.176. The van der Waals surface area contributed by atoms with Crippen LogP contribution in [0.1, 0.15) is 15.2 Å². The lowest BCUT2D eigenvalue weighted by Crippen LogP contribution is -2.47. The summed E-state index contributed by atoms with van der Waals surface area (Å²) in [4.78, 5) is 32.7. The Labute approximate surface area is 200 Å². The molecular weight excluding hydrogens is 452 g/mol. The maximum Gasteiger partial charge on any atom is 0.266 e. The predicted octanol–water partition coefficient (Wildman–Crippen LogP) is 3.70. The highest BCUT2D eigenvalue weighted by atomic mass is 32.1. The maximum atomic E-state index is 13.1. The summed E-state index contributed by atoms with van der Waals surface area (Å²) < 4.78 is 10.8. The molecule has 2 aliphatic heterocycles. The van der Waals surface area contributed by atoms with E-state index in [1.54, 1.807) is 24.5 Å². The van der Waals surface area contributed by atoms with Crippen LogP contribution in [-0.4, -0.2) is 53.8 Å². The average molecular weight is 475 g/mol. The first kappa shape index (κ1) is 20.7.